The van der Waals surface area contributed by atoms with E-state index in [1.807, 2.05) is 193 Å². The monoisotopic (exact) mass is 1370 g/mol. The molecule has 0 aliphatic rings. The van der Waals surface area contributed by atoms with Gasteiger partial charge in [0.2, 0.25) is 0 Å². The van der Waals surface area contributed by atoms with Crippen molar-refractivity contribution in [2.75, 3.05) is 14.2 Å². The van der Waals surface area contributed by atoms with E-state index in [1.165, 1.54) is 77.4 Å². The molecule has 0 saturated carbocycles. The number of hydrogen-bond donors (Lipinski definition) is 2. The van der Waals surface area contributed by atoms with Gasteiger partial charge in [-0.05, 0) is 120 Å². The predicted octanol–water partition coefficient (Wildman–Crippen LogP) is 8.57. The van der Waals surface area contributed by atoms with E-state index in [9.17, 15) is 29.2 Å². The van der Waals surface area contributed by atoms with Gasteiger partial charge in [-0.15, -0.1) is 0 Å². The van der Waals surface area contributed by atoms with E-state index in [0.717, 1.165) is 70.9 Å². The van der Waals surface area contributed by atoms with Gasteiger partial charge in [0.05, 0.1) is 39.9 Å². The molecule has 89 heavy (non-hydrogen) atoms. The topological polar surface area (TPSA) is 237 Å². The number of methoxy groups -OCH3 is 2. The molecule has 0 saturated heterocycles. The Morgan fingerprint density at radius 2 is 0.876 bits per heavy atom. The molecule has 0 aromatic heterocycles. The number of carbonyl (C=O) groups is 4. The number of fused-ring (bicyclic) bond motifs is 2. The van der Waals surface area contributed by atoms with E-state index in [4.69, 9.17) is 43.1 Å². The summed E-state index contributed by atoms with van der Waals surface area (Å²) < 4.78 is 44.7. The third-order valence-electron chi connectivity index (χ3n) is 12.6. The molecule has 456 valence electrons. The van der Waals surface area contributed by atoms with Crippen molar-refractivity contribution in [2.45, 2.75) is 111 Å². The van der Waals surface area contributed by atoms with Crippen molar-refractivity contribution in [1.29, 1.82) is 0 Å². The Bertz CT molecular complexity index is 3440. The standard InChI is InChI=1S/C33H34O5.C17H15BO3.C16H21BrO4.CH4.3K.HO4P/c1-33(2,3)38-32(35)21-26(20-31(34)36-4)24-14-16-25(17-15-24)27-18-19-30(29-13-9-8-12-28(27)29)37-22-23-10-6-5-7-11-23;19-18(20)16-10-11-17(15-9-5-4-8-14(15)16)21-12-13-6-2-1-3-7-13;1-16(2,3)21-15(19)10-12(9-14(18)20-4)11-5-7-13(17)8-6-11;;;;;1-4-5(2)3/h5-19,26H,20-22H2,1-4H3;1-11,19-20H,12H2;5-8,12H,9-10H2,1-4H3;1H4;;;;1H/q;;;;;;+1;/p-1/t26-;;12-;;;;;/m1.1...../s1. The van der Waals surface area contributed by atoms with Crippen LogP contribution in [-0.4, -0.2) is 130 Å². The van der Waals surface area contributed by atoms with Crippen molar-refractivity contribution in [3.8, 4) is 22.6 Å². The zero-order chi connectivity index (χ0) is 64.1. The average molecular weight is 1370 g/mol. The van der Waals surface area contributed by atoms with Crippen molar-refractivity contribution in [3.05, 3.63) is 209 Å². The van der Waals surface area contributed by atoms with Crippen molar-refractivity contribution in [1.82, 2.24) is 0 Å². The molecule has 0 aliphatic carbocycles. The van der Waals surface area contributed by atoms with Crippen molar-refractivity contribution >= 4 is 145 Å². The van der Waals surface area contributed by atoms with Crippen molar-refractivity contribution < 1.29 is 128 Å². The summed E-state index contributed by atoms with van der Waals surface area (Å²) in [4.78, 5) is 57.0. The molecule has 0 aliphatic heterocycles. The number of hydrogen-bond acceptors (Lipinski definition) is 16. The van der Waals surface area contributed by atoms with Gasteiger partial charge in [0.15, 0.2) is 0 Å². The second kappa shape index (κ2) is 43.2. The summed E-state index contributed by atoms with van der Waals surface area (Å²) in [5, 5.41) is 31.2. The summed E-state index contributed by atoms with van der Waals surface area (Å²) in [5.74, 6) is -0.380. The Morgan fingerprint density at radius 3 is 1.26 bits per heavy atom. The van der Waals surface area contributed by atoms with Gasteiger partial charge in [-0.1, -0.05) is 181 Å². The van der Waals surface area contributed by atoms with Crippen LogP contribution in [0.1, 0.15) is 109 Å². The van der Waals surface area contributed by atoms with Crippen LogP contribution in [0.3, 0.4) is 0 Å². The fourth-order valence-electron chi connectivity index (χ4n) is 8.79. The minimum absolute atomic E-state index is 0. The molecule has 2 N–H and O–H groups in total. The van der Waals surface area contributed by atoms with Crippen LogP contribution in [0.15, 0.2) is 186 Å². The quantitative estimate of drug-likeness (QED) is 0.0193. The van der Waals surface area contributed by atoms with Crippen LogP contribution in [0.4, 0.5) is 0 Å². The Kier molecular flexibility index (Phi) is 39.9. The van der Waals surface area contributed by atoms with E-state index in [-0.39, 0.29) is 120 Å². The number of esters is 4. The van der Waals surface area contributed by atoms with Gasteiger partial charge in [0.25, 0.3) is 0 Å². The fourth-order valence-corrected chi connectivity index (χ4v) is 9.05. The van der Waals surface area contributed by atoms with Crippen LogP contribution in [0.25, 0.3) is 32.7 Å². The van der Waals surface area contributed by atoms with Crippen LogP contribution in [0.5, 0.6) is 11.5 Å². The summed E-state index contributed by atoms with van der Waals surface area (Å²) in [6.07, 6.45) is 0.499. The minimum atomic E-state index is -3.15. The fraction of sp³-hybridized carbons (Fsp3) is 0.284. The molecular weight excluding hydrogens is 1300 g/mol. The first-order valence-corrected chi connectivity index (χ1v) is 46.0. The maximum absolute atomic E-state index is 12.5. The molecular formula is C67H74BBrK3O16P. The number of ether oxygens (including phenoxy) is 6. The van der Waals surface area contributed by atoms with Gasteiger partial charge in [-0.25, -0.2) is 4.67 Å². The number of halogens is 1. The molecule has 0 spiro atoms. The molecule has 8 aromatic carbocycles. The Balaban J connectivity index is 0.000000453. The van der Waals surface area contributed by atoms with Crippen LogP contribution in [-0.2, 0) is 60.6 Å². The van der Waals surface area contributed by atoms with Gasteiger partial charge in [-0.3, -0.25) is 19.2 Å². The molecule has 0 fully saturated rings. The molecule has 16 nitrogen and oxygen atoms in total. The van der Waals surface area contributed by atoms with Crippen molar-refractivity contribution in [3.63, 3.8) is 0 Å². The zero-order valence-electron chi connectivity index (χ0n) is 51.7. The maximum atomic E-state index is 12.5. The summed E-state index contributed by atoms with van der Waals surface area (Å²) in [7, 11) is -1.94. The first-order valence-electron chi connectivity index (χ1n) is 28.1. The number of benzene rings is 8. The summed E-state index contributed by atoms with van der Waals surface area (Å²) >= 11 is 5.87. The van der Waals surface area contributed by atoms with Crippen molar-refractivity contribution in [2.24, 2.45) is 0 Å². The van der Waals surface area contributed by atoms with E-state index < -0.39 is 26.6 Å². The number of rotatable bonds is 19. The van der Waals surface area contributed by atoms with Gasteiger partial charge in [0, 0.05) is 27.1 Å². The normalized spacial score (nSPS) is 11.4. The third kappa shape index (κ3) is 30.4. The number of carbonyl (C=O) groups excluding carboxylic acids is 4. The summed E-state index contributed by atoms with van der Waals surface area (Å²) in [6.45, 7) is 11.9. The molecule has 3 atom stereocenters. The Morgan fingerprint density at radius 1 is 0.528 bits per heavy atom. The zero-order valence-corrected chi connectivity index (χ0v) is 63.6. The molecule has 0 amide bonds. The molecule has 0 heterocycles. The second-order valence-electron chi connectivity index (χ2n) is 21.3. The molecule has 22 heteroatoms. The van der Waals surface area contributed by atoms with Crippen LogP contribution in [0.2, 0.25) is 0 Å². The Labute approximate surface area is 620 Å². The van der Waals surface area contributed by atoms with Crippen LogP contribution < -0.4 is 76.5 Å². The molecule has 0 bridgehead atoms. The van der Waals surface area contributed by atoms with Gasteiger partial charge in [0.1, 0.15) is 35.9 Å². The predicted molar refractivity (Wildman–Crippen MR) is 345 cm³/mol. The molecule has 8 aromatic rings. The summed E-state index contributed by atoms with van der Waals surface area (Å²) in [5.41, 5.74) is 5.48. The van der Waals surface area contributed by atoms with Gasteiger partial charge < -0.3 is 48.6 Å². The van der Waals surface area contributed by atoms with E-state index in [2.05, 4.69) is 38.8 Å². The Hall–Kier alpha value is -2.89. The molecule has 0 radical (unpaired) electrons. The molecule has 8 rings (SSSR count). The summed E-state index contributed by atoms with van der Waals surface area (Å²) in [6, 6.07) is 58.9. The van der Waals surface area contributed by atoms with Gasteiger partial charge in [-0.2, -0.15) is 0 Å². The third-order valence-corrected chi connectivity index (χ3v) is 13.2. The van der Waals surface area contributed by atoms with Gasteiger partial charge >= 0.3 is 154 Å². The van der Waals surface area contributed by atoms with E-state index >= 15 is 0 Å². The van der Waals surface area contributed by atoms with E-state index in [1.54, 1.807) is 12.1 Å². The van der Waals surface area contributed by atoms with Crippen LogP contribution in [0, 0.1) is 0 Å². The second-order valence-corrected chi connectivity index (χ2v) is 22.8. The molecule has 1 unspecified atom stereocenters. The first-order chi connectivity index (χ1) is 41.5. The SMILES string of the molecule is C.COC(=O)C[C@H](CC(=O)OC(C)(C)C)c1ccc(-c2ccc(OCc3ccccc3)c3ccccc23)cc1.COC(=O)C[C@H](CC(=O)OC(C)(C)C)c1ccc(Br)cc1.O=[P+]([O-])O[O-].OB(O)c1ccc(OCc2ccccc2)c2ccccc12.[K+].[K][K]. The first kappa shape index (κ1) is 82.2. The van der Waals surface area contributed by atoms with Crippen LogP contribution >= 0.6 is 24.2 Å². The van der Waals surface area contributed by atoms with E-state index in [0.29, 0.717) is 18.7 Å². The average Bonchev–Trinajstić information content (AvgIpc) is 3.20.